The predicted molar refractivity (Wildman–Crippen MR) is 178 cm³/mol. The van der Waals surface area contributed by atoms with Crippen molar-refractivity contribution in [2.45, 2.75) is 58.6 Å². The van der Waals surface area contributed by atoms with E-state index in [2.05, 4.69) is 56.3 Å². The standard InChI is InChI=1S/C32H40N8O5.C2H6/c1-3-24(2)40-31(41)38(23-35-40)28-6-4-26(5-7-28)36-14-16-37(17-15-36)27-8-10-29(11-9-27)43-20-30-21-44-32(45-30,25-18-42-19-25)22-39-33-12-13-34-39;1-2/h4-13,23-25,30H,3,14-22H2,1-2H3;1-2H3. The quantitative estimate of drug-likeness (QED) is 0.239. The number of aromatic nitrogens is 6. The first-order chi connectivity index (χ1) is 23.0. The van der Waals surface area contributed by atoms with Gasteiger partial charge in [-0.3, -0.25) is 0 Å². The summed E-state index contributed by atoms with van der Waals surface area (Å²) in [5, 5.41) is 12.8. The highest BCUT2D eigenvalue weighted by Crippen LogP contribution is 2.37. The van der Waals surface area contributed by atoms with E-state index in [1.165, 1.54) is 5.69 Å². The van der Waals surface area contributed by atoms with Crippen LogP contribution in [0.1, 0.15) is 40.2 Å². The van der Waals surface area contributed by atoms with E-state index in [4.69, 9.17) is 18.9 Å². The summed E-state index contributed by atoms with van der Waals surface area (Å²) < 4.78 is 27.3. The smallest absolute Gasteiger partial charge is 0.350 e. The number of ether oxygens (including phenoxy) is 4. The molecule has 0 aliphatic carbocycles. The molecule has 0 N–H and O–H groups in total. The molecule has 0 bridgehead atoms. The number of anilines is 2. The fourth-order valence-corrected chi connectivity index (χ4v) is 6.06. The number of piperazine rings is 1. The van der Waals surface area contributed by atoms with Gasteiger partial charge in [-0.25, -0.2) is 14.0 Å². The van der Waals surface area contributed by atoms with Crippen LogP contribution < -0.4 is 20.2 Å². The summed E-state index contributed by atoms with van der Waals surface area (Å²) in [6.45, 7) is 14.2. The van der Waals surface area contributed by atoms with Crippen molar-refractivity contribution in [3.05, 3.63) is 77.7 Å². The van der Waals surface area contributed by atoms with Gasteiger partial charge in [-0.15, -0.1) is 0 Å². The van der Waals surface area contributed by atoms with Crippen molar-refractivity contribution >= 4 is 11.4 Å². The van der Waals surface area contributed by atoms with E-state index < -0.39 is 5.79 Å². The van der Waals surface area contributed by atoms with Crippen molar-refractivity contribution in [3.63, 3.8) is 0 Å². The van der Waals surface area contributed by atoms with Crippen LogP contribution in [0.25, 0.3) is 5.69 Å². The van der Waals surface area contributed by atoms with Crippen molar-refractivity contribution in [2.24, 2.45) is 5.92 Å². The molecule has 0 amide bonds. The first-order valence-electron chi connectivity index (χ1n) is 16.7. The van der Waals surface area contributed by atoms with Crippen molar-refractivity contribution in [1.82, 2.24) is 29.3 Å². The Hall–Kier alpha value is -4.20. The molecule has 13 heteroatoms. The molecule has 2 aromatic carbocycles. The molecule has 13 nitrogen and oxygen atoms in total. The SMILES string of the molecule is CC.CCC(C)n1ncn(-c2ccc(N3CCN(c4ccc(OCC5COC(Cn6nccn6)(C6COC6)O5)cc4)CC3)cc2)c1=O. The van der Waals surface area contributed by atoms with Crippen molar-refractivity contribution in [1.29, 1.82) is 0 Å². The van der Waals surface area contributed by atoms with Crippen LogP contribution in [0.4, 0.5) is 11.4 Å². The van der Waals surface area contributed by atoms with Crippen LogP contribution in [0.15, 0.2) is 72.0 Å². The third-order valence-corrected chi connectivity index (χ3v) is 9.08. The summed E-state index contributed by atoms with van der Waals surface area (Å²) in [6, 6.07) is 16.5. The van der Waals surface area contributed by atoms with Crippen molar-refractivity contribution in [2.75, 3.05) is 62.4 Å². The van der Waals surface area contributed by atoms with E-state index in [1.54, 1.807) is 32.8 Å². The lowest BCUT2D eigenvalue weighted by molar-refractivity contribution is -0.268. The molecule has 7 rings (SSSR count). The molecule has 3 saturated heterocycles. The van der Waals surface area contributed by atoms with Crippen LogP contribution in [-0.4, -0.2) is 93.8 Å². The molecule has 3 atom stereocenters. The summed E-state index contributed by atoms with van der Waals surface area (Å²) in [6.07, 6.45) is 5.58. The molecule has 3 fully saturated rings. The zero-order valence-electron chi connectivity index (χ0n) is 27.8. The van der Waals surface area contributed by atoms with Gasteiger partial charge >= 0.3 is 5.69 Å². The van der Waals surface area contributed by atoms with Gasteiger partial charge in [0.1, 0.15) is 31.3 Å². The zero-order chi connectivity index (χ0) is 32.8. The second-order valence-corrected chi connectivity index (χ2v) is 11.9. The normalized spacial score (nSPS) is 22.0. The van der Waals surface area contributed by atoms with Gasteiger partial charge in [-0.1, -0.05) is 20.8 Å². The predicted octanol–water partition coefficient (Wildman–Crippen LogP) is 3.79. The highest BCUT2D eigenvalue weighted by atomic mass is 16.8. The van der Waals surface area contributed by atoms with Gasteiger partial charge in [-0.2, -0.15) is 20.1 Å². The Morgan fingerprint density at radius 3 is 2.04 bits per heavy atom. The van der Waals surface area contributed by atoms with Gasteiger partial charge in [0.25, 0.3) is 0 Å². The fourth-order valence-electron chi connectivity index (χ4n) is 6.06. The van der Waals surface area contributed by atoms with Gasteiger partial charge in [0, 0.05) is 37.6 Å². The average molecular weight is 647 g/mol. The lowest BCUT2D eigenvalue weighted by Crippen LogP contribution is -2.53. The highest BCUT2D eigenvalue weighted by Gasteiger charge is 2.52. The van der Waals surface area contributed by atoms with Crippen LogP contribution in [-0.2, 0) is 20.8 Å². The summed E-state index contributed by atoms with van der Waals surface area (Å²) in [5.41, 5.74) is 3.04. The lowest BCUT2D eigenvalue weighted by atomic mass is 9.96. The summed E-state index contributed by atoms with van der Waals surface area (Å²) in [5.74, 6) is 0.146. The summed E-state index contributed by atoms with van der Waals surface area (Å²) >= 11 is 0. The van der Waals surface area contributed by atoms with E-state index in [0.29, 0.717) is 33.0 Å². The lowest BCUT2D eigenvalue weighted by Gasteiger charge is -2.40. The number of nitrogens with zero attached hydrogens (tertiary/aromatic N) is 8. The molecule has 3 aliphatic rings. The third-order valence-electron chi connectivity index (χ3n) is 9.08. The number of hydrogen-bond acceptors (Lipinski definition) is 10. The minimum Gasteiger partial charge on any atom is -0.491 e. The first kappa shape index (κ1) is 32.7. The largest absolute Gasteiger partial charge is 0.491 e. The molecule has 4 aromatic rings. The molecule has 0 radical (unpaired) electrons. The molecule has 252 valence electrons. The Morgan fingerprint density at radius 2 is 1.47 bits per heavy atom. The van der Waals surface area contributed by atoms with Gasteiger partial charge in [0.15, 0.2) is 5.79 Å². The topological polar surface area (TPSA) is 114 Å². The number of benzene rings is 2. The van der Waals surface area contributed by atoms with Crippen molar-refractivity contribution in [3.8, 4) is 11.4 Å². The Balaban J connectivity index is 0.00000190. The minimum absolute atomic E-state index is 0.0743. The van der Waals surface area contributed by atoms with E-state index in [0.717, 1.165) is 49.7 Å². The van der Waals surface area contributed by atoms with E-state index in [1.807, 2.05) is 45.0 Å². The zero-order valence-corrected chi connectivity index (χ0v) is 27.8. The van der Waals surface area contributed by atoms with E-state index in [9.17, 15) is 4.79 Å². The fraction of sp³-hybridized carbons (Fsp3) is 0.529. The van der Waals surface area contributed by atoms with Gasteiger partial charge in [0.05, 0.1) is 49.9 Å². The maximum atomic E-state index is 12.8. The molecule has 3 unspecified atom stereocenters. The van der Waals surface area contributed by atoms with E-state index >= 15 is 0 Å². The van der Waals surface area contributed by atoms with Crippen LogP contribution in [0.5, 0.6) is 5.75 Å². The van der Waals surface area contributed by atoms with Crippen LogP contribution in [0.3, 0.4) is 0 Å². The van der Waals surface area contributed by atoms with Crippen molar-refractivity contribution < 1.29 is 18.9 Å². The average Bonchev–Trinajstić information content (AvgIpc) is 3.85. The monoisotopic (exact) mass is 646 g/mol. The van der Waals surface area contributed by atoms with Crippen LogP contribution in [0, 0.1) is 5.92 Å². The molecular weight excluding hydrogens is 600 g/mol. The van der Waals surface area contributed by atoms with Crippen LogP contribution >= 0.6 is 0 Å². The Kier molecular flexibility index (Phi) is 10.2. The van der Waals surface area contributed by atoms with Crippen LogP contribution in [0.2, 0.25) is 0 Å². The Labute approximate surface area is 275 Å². The summed E-state index contributed by atoms with van der Waals surface area (Å²) in [4.78, 5) is 19.1. The molecule has 2 aromatic heterocycles. The highest BCUT2D eigenvalue weighted by molar-refractivity contribution is 5.54. The minimum atomic E-state index is -0.796. The third kappa shape index (κ3) is 7.07. The maximum absolute atomic E-state index is 12.8. The molecule has 0 spiro atoms. The Morgan fingerprint density at radius 1 is 0.872 bits per heavy atom. The maximum Gasteiger partial charge on any atom is 0.350 e. The van der Waals surface area contributed by atoms with E-state index in [-0.39, 0.29) is 23.8 Å². The van der Waals surface area contributed by atoms with Gasteiger partial charge in [0.2, 0.25) is 0 Å². The summed E-state index contributed by atoms with van der Waals surface area (Å²) in [7, 11) is 0. The van der Waals surface area contributed by atoms with Gasteiger partial charge < -0.3 is 28.7 Å². The molecule has 47 heavy (non-hydrogen) atoms. The molecule has 5 heterocycles. The number of rotatable bonds is 11. The van der Waals surface area contributed by atoms with Gasteiger partial charge in [-0.05, 0) is 61.9 Å². The number of hydrogen-bond donors (Lipinski definition) is 0. The second-order valence-electron chi connectivity index (χ2n) is 11.9. The molecule has 3 aliphatic heterocycles. The Bertz CT molecular complexity index is 1590. The first-order valence-corrected chi connectivity index (χ1v) is 16.7. The molecule has 0 saturated carbocycles. The second kappa shape index (κ2) is 14.7. The molecular formula is C34H46N8O5.